The van der Waals surface area contributed by atoms with Crippen LogP contribution in [-0.4, -0.2) is 17.3 Å². The van der Waals surface area contributed by atoms with Gasteiger partial charge in [-0.2, -0.15) is 5.26 Å². The van der Waals surface area contributed by atoms with Crippen LogP contribution in [-0.2, 0) is 9.68 Å². The molecule has 6 heteroatoms. The second kappa shape index (κ2) is 4.29. The van der Waals surface area contributed by atoms with Gasteiger partial charge in [0.15, 0.2) is 0 Å². The predicted octanol–water partition coefficient (Wildman–Crippen LogP) is -0.425. The van der Waals surface area contributed by atoms with Gasteiger partial charge in [0.2, 0.25) is 0 Å². The number of nitrogens with one attached hydrogen (secondary N) is 1. The summed E-state index contributed by atoms with van der Waals surface area (Å²) >= 11 is 0. The molecule has 0 spiro atoms. The summed E-state index contributed by atoms with van der Waals surface area (Å²) in [6, 6.07) is -0.796. The standard InChI is InChI=1S/C5H8N2O4/c1-3(4(8)11-10)2-7-5(6)9/h2,10H,1H3,(H3,6,7,9). The number of amides is 2. The third-order valence-corrected chi connectivity index (χ3v) is 0.836. The molecule has 6 nitrogen and oxygen atoms in total. The molecule has 4 N–H and O–H groups in total. The number of carbonyl (C=O) groups excluding carboxylic acids is 2. The van der Waals surface area contributed by atoms with Crippen LogP contribution in [0.25, 0.3) is 0 Å². The van der Waals surface area contributed by atoms with Crippen LogP contribution in [0.5, 0.6) is 0 Å². The number of hydrogen-bond donors (Lipinski definition) is 3. The molecule has 0 unspecified atom stereocenters. The second-order valence-electron chi connectivity index (χ2n) is 1.71. The first-order chi connectivity index (χ1) is 5.07. The van der Waals surface area contributed by atoms with Crippen molar-refractivity contribution < 1.29 is 19.7 Å². The highest BCUT2D eigenvalue weighted by molar-refractivity contribution is 5.87. The molecule has 0 saturated carbocycles. The molecule has 0 rings (SSSR count). The molecule has 0 aliphatic carbocycles. The van der Waals surface area contributed by atoms with Crippen molar-refractivity contribution in [1.82, 2.24) is 5.32 Å². The Kier molecular flexibility index (Phi) is 3.68. The minimum atomic E-state index is -0.946. The summed E-state index contributed by atoms with van der Waals surface area (Å²) in [5.74, 6) is -0.946. The number of urea groups is 1. The maximum Gasteiger partial charge on any atom is 0.369 e. The molecule has 0 aromatic rings. The topological polar surface area (TPSA) is 102 Å². The van der Waals surface area contributed by atoms with Crippen LogP contribution in [0, 0.1) is 0 Å². The van der Waals surface area contributed by atoms with Gasteiger partial charge in [-0.3, -0.25) is 4.89 Å². The van der Waals surface area contributed by atoms with Gasteiger partial charge in [0.25, 0.3) is 0 Å². The van der Waals surface area contributed by atoms with E-state index in [1.165, 1.54) is 6.92 Å². The van der Waals surface area contributed by atoms with Gasteiger partial charge in [0.05, 0.1) is 5.57 Å². The Bertz CT molecular complexity index is 199. The van der Waals surface area contributed by atoms with Crippen molar-refractivity contribution in [2.45, 2.75) is 6.92 Å². The quantitative estimate of drug-likeness (QED) is 0.290. The van der Waals surface area contributed by atoms with E-state index in [4.69, 9.17) is 5.26 Å². The van der Waals surface area contributed by atoms with Crippen LogP contribution in [0.3, 0.4) is 0 Å². The van der Waals surface area contributed by atoms with Crippen molar-refractivity contribution in [2.75, 3.05) is 0 Å². The predicted molar refractivity (Wildman–Crippen MR) is 35.2 cm³/mol. The number of hydrogen-bond acceptors (Lipinski definition) is 4. The van der Waals surface area contributed by atoms with Gasteiger partial charge in [0.1, 0.15) is 0 Å². The van der Waals surface area contributed by atoms with E-state index in [2.05, 4.69) is 10.6 Å². The van der Waals surface area contributed by atoms with Crippen molar-refractivity contribution in [3.63, 3.8) is 0 Å². The van der Waals surface area contributed by atoms with E-state index in [1.54, 1.807) is 0 Å². The summed E-state index contributed by atoms with van der Waals surface area (Å²) in [7, 11) is 0. The van der Waals surface area contributed by atoms with Crippen molar-refractivity contribution >= 4 is 12.0 Å². The summed E-state index contributed by atoms with van der Waals surface area (Å²) < 4.78 is 0. The Labute approximate surface area is 62.6 Å². The smallest absolute Gasteiger partial charge is 0.351 e. The van der Waals surface area contributed by atoms with Gasteiger partial charge in [-0.25, -0.2) is 9.59 Å². The summed E-state index contributed by atoms with van der Waals surface area (Å²) in [6.07, 6.45) is 1.03. The number of carbonyl (C=O) groups is 2. The molecule has 0 aliphatic rings. The third kappa shape index (κ3) is 3.93. The van der Waals surface area contributed by atoms with E-state index >= 15 is 0 Å². The highest BCUT2D eigenvalue weighted by Gasteiger charge is 2.03. The normalized spacial score (nSPS) is 10.5. The largest absolute Gasteiger partial charge is 0.369 e. The average Bonchev–Trinajstić information content (AvgIpc) is 1.98. The second-order valence-corrected chi connectivity index (χ2v) is 1.71. The monoisotopic (exact) mass is 160 g/mol. The van der Waals surface area contributed by atoms with Gasteiger partial charge in [-0.1, -0.05) is 0 Å². The number of primary amides is 1. The summed E-state index contributed by atoms with van der Waals surface area (Å²) in [5, 5.41) is 9.86. The van der Waals surface area contributed by atoms with Gasteiger partial charge in [-0.15, -0.1) is 0 Å². The van der Waals surface area contributed by atoms with E-state index in [9.17, 15) is 9.59 Å². The van der Waals surface area contributed by atoms with Gasteiger partial charge in [-0.05, 0) is 6.92 Å². The molecule has 2 amide bonds. The van der Waals surface area contributed by atoms with Crippen LogP contribution in [0.4, 0.5) is 4.79 Å². The van der Waals surface area contributed by atoms with Crippen LogP contribution in [0.1, 0.15) is 6.92 Å². The summed E-state index contributed by atoms with van der Waals surface area (Å²) in [4.78, 5) is 23.8. The van der Waals surface area contributed by atoms with Crippen molar-refractivity contribution in [3.8, 4) is 0 Å². The Hall–Kier alpha value is -1.56. The van der Waals surface area contributed by atoms with Crippen LogP contribution in [0.2, 0.25) is 0 Å². The highest BCUT2D eigenvalue weighted by atomic mass is 17.1. The molecule has 62 valence electrons. The molecule has 0 heterocycles. The molecule has 0 aromatic carbocycles. The Morgan fingerprint density at radius 3 is 2.55 bits per heavy atom. The number of nitrogens with two attached hydrogens (primary N) is 1. The fraction of sp³-hybridized carbons (Fsp3) is 0.200. The van der Waals surface area contributed by atoms with Gasteiger partial charge < -0.3 is 11.1 Å². The number of rotatable bonds is 2. The zero-order valence-corrected chi connectivity index (χ0v) is 5.83. The third-order valence-electron chi connectivity index (χ3n) is 0.836. The lowest BCUT2D eigenvalue weighted by Crippen LogP contribution is -2.25. The minimum absolute atomic E-state index is 0.0336. The van der Waals surface area contributed by atoms with E-state index < -0.39 is 12.0 Å². The van der Waals surface area contributed by atoms with Crippen LogP contribution in [0.15, 0.2) is 11.8 Å². The SMILES string of the molecule is CC(=CNC(N)=O)C(=O)OO. The average molecular weight is 160 g/mol. The van der Waals surface area contributed by atoms with E-state index in [0.717, 1.165) is 6.20 Å². The fourth-order valence-corrected chi connectivity index (χ4v) is 0.310. The minimum Gasteiger partial charge on any atom is -0.351 e. The first-order valence-corrected chi connectivity index (χ1v) is 2.66. The maximum absolute atomic E-state index is 10.4. The van der Waals surface area contributed by atoms with E-state index in [-0.39, 0.29) is 5.57 Å². The Morgan fingerprint density at radius 1 is 1.64 bits per heavy atom. The zero-order chi connectivity index (χ0) is 8.85. The molecule has 0 fully saturated rings. The van der Waals surface area contributed by atoms with Crippen LogP contribution >= 0.6 is 0 Å². The first-order valence-electron chi connectivity index (χ1n) is 2.66. The highest BCUT2D eigenvalue weighted by Crippen LogP contribution is 1.91. The van der Waals surface area contributed by atoms with Gasteiger partial charge >= 0.3 is 12.0 Å². The lowest BCUT2D eigenvalue weighted by molar-refractivity contribution is -0.229. The zero-order valence-electron chi connectivity index (χ0n) is 5.83. The molecule has 0 aliphatic heterocycles. The molecule has 0 radical (unpaired) electrons. The molecular formula is C5H8N2O4. The lowest BCUT2D eigenvalue weighted by Gasteiger charge is -1.95. The first kappa shape index (κ1) is 9.44. The molecule has 0 atom stereocenters. The molecular weight excluding hydrogens is 152 g/mol. The van der Waals surface area contributed by atoms with Crippen molar-refractivity contribution in [2.24, 2.45) is 5.73 Å². The van der Waals surface area contributed by atoms with E-state index in [1.807, 2.05) is 5.32 Å². The fourth-order valence-electron chi connectivity index (χ4n) is 0.310. The van der Waals surface area contributed by atoms with Gasteiger partial charge in [0, 0.05) is 6.20 Å². The van der Waals surface area contributed by atoms with Crippen LogP contribution < -0.4 is 11.1 Å². The summed E-state index contributed by atoms with van der Waals surface area (Å²) in [6.45, 7) is 1.34. The lowest BCUT2D eigenvalue weighted by atomic mass is 10.3. The molecule has 11 heavy (non-hydrogen) atoms. The molecule has 0 bridgehead atoms. The summed E-state index contributed by atoms with van der Waals surface area (Å²) in [5.41, 5.74) is 4.71. The maximum atomic E-state index is 10.4. The Morgan fingerprint density at radius 2 is 2.18 bits per heavy atom. The van der Waals surface area contributed by atoms with Crippen molar-refractivity contribution in [3.05, 3.63) is 11.8 Å². The molecule has 0 saturated heterocycles. The molecule has 0 aromatic heterocycles. The Balaban J connectivity index is 4.00. The van der Waals surface area contributed by atoms with Crippen molar-refractivity contribution in [1.29, 1.82) is 0 Å². The van der Waals surface area contributed by atoms with E-state index in [0.29, 0.717) is 0 Å².